The Morgan fingerprint density at radius 1 is 0.941 bits per heavy atom. The minimum atomic E-state index is -0.500. The van der Waals surface area contributed by atoms with Gasteiger partial charge in [-0.25, -0.2) is 0 Å². The molecule has 0 aromatic carbocycles. The molecule has 0 amide bonds. The lowest BCUT2D eigenvalue weighted by molar-refractivity contribution is -0.0355. The number of aliphatic hydroxyl groups is 2. The van der Waals surface area contributed by atoms with Crippen LogP contribution in [0.3, 0.4) is 0 Å². The average Bonchev–Trinajstić information content (AvgIpc) is 2.33. The molecule has 3 N–H and O–H groups in total. The van der Waals surface area contributed by atoms with Crippen molar-refractivity contribution in [3.63, 3.8) is 0 Å². The fourth-order valence-corrected chi connectivity index (χ4v) is 4.70. The van der Waals surface area contributed by atoms with E-state index in [0.717, 1.165) is 23.7 Å². The van der Waals surface area contributed by atoms with Gasteiger partial charge >= 0.3 is 0 Å². The first-order valence-electron chi connectivity index (χ1n) is 7.13. The smallest absolute Gasteiger partial charge is 0.0633 e. The van der Waals surface area contributed by atoms with E-state index in [1.54, 1.807) is 0 Å². The van der Waals surface area contributed by atoms with Crippen LogP contribution in [0.1, 0.15) is 39.0 Å². The molecule has 4 fully saturated rings. The summed E-state index contributed by atoms with van der Waals surface area (Å²) in [4.78, 5) is 0. The number of hydrogen-bond donors (Lipinski definition) is 3. The van der Waals surface area contributed by atoms with Crippen molar-refractivity contribution in [2.24, 2.45) is 23.7 Å². The molecule has 98 valence electrons. The van der Waals surface area contributed by atoms with E-state index in [-0.39, 0.29) is 13.2 Å². The molecular weight excluding hydrogens is 214 g/mol. The van der Waals surface area contributed by atoms with Crippen LogP contribution in [0.15, 0.2) is 0 Å². The van der Waals surface area contributed by atoms with Gasteiger partial charge in [0, 0.05) is 6.04 Å². The standard InChI is InChI=1S/C14H25NO2/c1-14(7-16,8-17)15-13-11-3-9-2-10(5-11)6-12(13)4-9/h9-13,15-17H,2-8H2,1H3. The molecule has 4 aliphatic carbocycles. The molecule has 4 saturated carbocycles. The van der Waals surface area contributed by atoms with E-state index in [1.807, 2.05) is 6.92 Å². The highest BCUT2D eigenvalue weighted by molar-refractivity contribution is 5.03. The van der Waals surface area contributed by atoms with Gasteiger partial charge in [-0.1, -0.05) is 0 Å². The van der Waals surface area contributed by atoms with Crippen LogP contribution in [0.4, 0.5) is 0 Å². The van der Waals surface area contributed by atoms with Crippen molar-refractivity contribution >= 4 is 0 Å². The monoisotopic (exact) mass is 239 g/mol. The van der Waals surface area contributed by atoms with Gasteiger partial charge in [0.05, 0.1) is 18.8 Å². The molecule has 4 bridgehead atoms. The van der Waals surface area contributed by atoms with E-state index in [1.165, 1.54) is 32.1 Å². The van der Waals surface area contributed by atoms with E-state index in [2.05, 4.69) is 5.32 Å². The first-order valence-corrected chi connectivity index (χ1v) is 7.13. The molecule has 0 aromatic heterocycles. The summed E-state index contributed by atoms with van der Waals surface area (Å²) in [5, 5.41) is 22.4. The molecule has 4 aliphatic rings. The second-order valence-electron chi connectivity index (χ2n) is 6.98. The Kier molecular flexibility index (Phi) is 2.96. The fraction of sp³-hybridized carbons (Fsp3) is 1.00. The summed E-state index contributed by atoms with van der Waals surface area (Å²) in [6.07, 6.45) is 6.96. The second-order valence-corrected chi connectivity index (χ2v) is 6.98. The summed E-state index contributed by atoms with van der Waals surface area (Å²) in [6.45, 7) is 1.97. The van der Waals surface area contributed by atoms with Gasteiger partial charge in [0.15, 0.2) is 0 Å². The van der Waals surface area contributed by atoms with Gasteiger partial charge < -0.3 is 15.5 Å². The zero-order chi connectivity index (χ0) is 12.0. The molecule has 0 aromatic rings. The molecule has 4 rings (SSSR count). The zero-order valence-electron chi connectivity index (χ0n) is 10.7. The summed E-state index contributed by atoms with van der Waals surface area (Å²) < 4.78 is 0. The highest BCUT2D eigenvalue weighted by atomic mass is 16.3. The van der Waals surface area contributed by atoms with Gasteiger partial charge in [-0.15, -0.1) is 0 Å². The SMILES string of the molecule is CC(CO)(CO)NC1C2CC3CC(C2)CC1C3. The van der Waals surface area contributed by atoms with Gasteiger partial charge in [0.25, 0.3) is 0 Å². The Balaban J connectivity index is 1.72. The van der Waals surface area contributed by atoms with Crippen LogP contribution in [0, 0.1) is 23.7 Å². The number of nitrogens with one attached hydrogen (secondary N) is 1. The topological polar surface area (TPSA) is 52.5 Å². The summed E-state index contributed by atoms with van der Waals surface area (Å²) in [6, 6.07) is 0.534. The molecule has 0 unspecified atom stereocenters. The summed E-state index contributed by atoms with van der Waals surface area (Å²) in [5.74, 6) is 3.54. The lowest BCUT2D eigenvalue weighted by Crippen LogP contribution is -2.62. The van der Waals surface area contributed by atoms with Gasteiger partial charge in [0.1, 0.15) is 0 Å². The van der Waals surface area contributed by atoms with Crippen LogP contribution >= 0.6 is 0 Å². The maximum absolute atomic E-state index is 9.42. The summed E-state index contributed by atoms with van der Waals surface area (Å²) >= 11 is 0. The molecule has 0 heterocycles. The van der Waals surface area contributed by atoms with Crippen molar-refractivity contribution in [3.8, 4) is 0 Å². The predicted molar refractivity (Wildman–Crippen MR) is 66.5 cm³/mol. The lowest BCUT2D eigenvalue weighted by Gasteiger charge is -2.56. The third-order valence-corrected chi connectivity index (χ3v) is 5.44. The molecule has 3 heteroatoms. The number of hydrogen-bond acceptors (Lipinski definition) is 3. The van der Waals surface area contributed by atoms with Gasteiger partial charge in [-0.3, -0.25) is 0 Å². The highest BCUT2D eigenvalue weighted by Crippen LogP contribution is 2.53. The lowest BCUT2D eigenvalue weighted by atomic mass is 9.54. The zero-order valence-corrected chi connectivity index (χ0v) is 10.7. The molecule has 0 radical (unpaired) electrons. The van der Waals surface area contributed by atoms with Gasteiger partial charge in [0.2, 0.25) is 0 Å². The largest absolute Gasteiger partial charge is 0.394 e. The maximum Gasteiger partial charge on any atom is 0.0633 e. The van der Waals surface area contributed by atoms with Crippen molar-refractivity contribution in [1.29, 1.82) is 0 Å². The number of rotatable bonds is 4. The average molecular weight is 239 g/mol. The van der Waals surface area contributed by atoms with E-state index < -0.39 is 5.54 Å². The Hall–Kier alpha value is -0.120. The van der Waals surface area contributed by atoms with Crippen LogP contribution in [0.5, 0.6) is 0 Å². The third-order valence-electron chi connectivity index (χ3n) is 5.44. The minimum Gasteiger partial charge on any atom is -0.394 e. The fourth-order valence-electron chi connectivity index (χ4n) is 4.70. The van der Waals surface area contributed by atoms with Crippen LogP contribution in [0.25, 0.3) is 0 Å². The van der Waals surface area contributed by atoms with E-state index >= 15 is 0 Å². The summed E-state index contributed by atoms with van der Waals surface area (Å²) in [7, 11) is 0. The Morgan fingerprint density at radius 2 is 1.41 bits per heavy atom. The van der Waals surface area contributed by atoms with Crippen molar-refractivity contribution in [2.75, 3.05) is 13.2 Å². The molecule has 0 spiro atoms. The maximum atomic E-state index is 9.42. The normalized spacial score (nSPS) is 44.3. The van der Waals surface area contributed by atoms with E-state index in [4.69, 9.17) is 0 Å². The van der Waals surface area contributed by atoms with Gasteiger partial charge in [-0.2, -0.15) is 0 Å². The number of aliphatic hydroxyl groups excluding tert-OH is 2. The Morgan fingerprint density at radius 3 is 1.82 bits per heavy atom. The molecule has 0 saturated heterocycles. The second kappa shape index (κ2) is 4.22. The molecule has 0 aliphatic heterocycles. The molecule has 17 heavy (non-hydrogen) atoms. The van der Waals surface area contributed by atoms with Crippen LogP contribution in [-0.4, -0.2) is 35.0 Å². The van der Waals surface area contributed by atoms with Crippen molar-refractivity contribution in [2.45, 2.75) is 50.6 Å². The van der Waals surface area contributed by atoms with Crippen LogP contribution in [-0.2, 0) is 0 Å². The molecular formula is C14H25NO2. The minimum absolute atomic E-state index is 0.0201. The van der Waals surface area contributed by atoms with E-state index in [9.17, 15) is 10.2 Å². The van der Waals surface area contributed by atoms with Crippen LogP contribution in [0.2, 0.25) is 0 Å². The Labute approximate surface area is 104 Å². The van der Waals surface area contributed by atoms with E-state index in [0.29, 0.717) is 6.04 Å². The predicted octanol–water partition coefficient (Wildman–Crippen LogP) is 1.14. The van der Waals surface area contributed by atoms with Gasteiger partial charge in [-0.05, 0) is 62.7 Å². The van der Waals surface area contributed by atoms with Crippen molar-refractivity contribution in [1.82, 2.24) is 5.32 Å². The molecule has 3 nitrogen and oxygen atoms in total. The van der Waals surface area contributed by atoms with Crippen molar-refractivity contribution < 1.29 is 10.2 Å². The first kappa shape index (κ1) is 11.9. The van der Waals surface area contributed by atoms with Crippen LogP contribution < -0.4 is 5.32 Å². The summed E-state index contributed by atoms with van der Waals surface area (Å²) in [5.41, 5.74) is -0.500. The first-order chi connectivity index (χ1) is 8.13. The highest BCUT2D eigenvalue weighted by Gasteiger charge is 2.49. The quantitative estimate of drug-likeness (QED) is 0.689. The third kappa shape index (κ3) is 2.02. The van der Waals surface area contributed by atoms with Crippen molar-refractivity contribution in [3.05, 3.63) is 0 Å². The molecule has 0 atom stereocenters. The Bertz CT molecular complexity index is 260.